The number of hydrogen-bond donors (Lipinski definition) is 3. The topological polar surface area (TPSA) is 101 Å². The quantitative estimate of drug-likeness (QED) is 0.712. The third-order valence-electron chi connectivity index (χ3n) is 3.03. The second-order valence-electron chi connectivity index (χ2n) is 6.23. The first kappa shape index (κ1) is 18.7. The average molecular weight is 323 g/mol. The summed E-state index contributed by atoms with van der Waals surface area (Å²) >= 11 is 0. The zero-order valence-corrected chi connectivity index (χ0v) is 14.0. The lowest BCUT2D eigenvalue weighted by Gasteiger charge is -2.22. The van der Waals surface area contributed by atoms with Gasteiger partial charge in [-0.15, -0.1) is 0 Å². The molecule has 0 saturated heterocycles. The smallest absolute Gasteiger partial charge is 0.408 e. The van der Waals surface area contributed by atoms with E-state index in [1.165, 1.54) is 0 Å². The maximum Gasteiger partial charge on any atom is 0.408 e. The van der Waals surface area contributed by atoms with Gasteiger partial charge in [-0.2, -0.15) is 0 Å². The SMILES string of the molecule is CNc1ccc(CCCC(NC(=O)OC(C)(C)C)C(=O)O)cn1. The van der Waals surface area contributed by atoms with Crippen LogP contribution in [0.15, 0.2) is 18.3 Å². The number of hydrogen-bond acceptors (Lipinski definition) is 5. The van der Waals surface area contributed by atoms with Gasteiger partial charge in [0, 0.05) is 13.2 Å². The fourth-order valence-electron chi connectivity index (χ4n) is 1.94. The molecule has 3 N–H and O–H groups in total. The van der Waals surface area contributed by atoms with Gasteiger partial charge in [-0.3, -0.25) is 0 Å². The van der Waals surface area contributed by atoms with Crippen molar-refractivity contribution in [3.63, 3.8) is 0 Å². The van der Waals surface area contributed by atoms with Crippen molar-refractivity contribution >= 4 is 17.9 Å². The monoisotopic (exact) mass is 323 g/mol. The molecule has 0 radical (unpaired) electrons. The van der Waals surface area contributed by atoms with Crippen molar-refractivity contribution in [2.45, 2.75) is 51.7 Å². The number of aliphatic carboxylic acids is 1. The Morgan fingerprint density at radius 1 is 1.35 bits per heavy atom. The predicted molar refractivity (Wildman–Crippen MR) is 87.5 cm³/mol. The highest BCUT2D eigenvalue weighted by molar-refractivity contribution is 5.79. The molecule has 0 bridgehead atoms. The first-order valence-electron chi connectivity index (χ1n) is 7.56. The van der Waals surface area contributed by atoms with Gasteiger partial charge in [0.1, 0.15) is 17.5 Å². The molecule has 0 saturated carbocycles. The van der Waals surface area contributed by atoms with Gasteiger partial charge in [-0.1, -0.05) is 6.07 Å². The van der Waals surface area contributed by atoms with Gasteiger partial charge < -0.3 is 20.5 Å². The summed E-state index contributed by atoms with van der Waals surface area (Å²) in [6.07, 6.45) is 2.67. The number of carboxylic acids is 1. The Labute approximate surface area is 136 Å². The van der Waals surface area contributed by atoms with Crippen molar-refractivity contribution < 1.29 is 19.4 Å². The number of aryl methyl sites for hydroxylation is 1. The minimum atomic E-state index is -1.07. The van der Waals surface area contributed by atoms with Crippen LogP contribution in [-0.2, 0) is 16.0 Å². The highest BCUT2D eigenvalue weighted by Crippen LogP contribution is 2.11. The highest BCUT2D eigenvalue weighted by Gasteiger charge is 2.23. The van der Waals surface area contributed by atoms with Gasteiger partial charge in [0.05, 0.1) is 0 Å². The molecular weight excluding hydrogens is 298 g/mol. The van der Waals surface area contributed by atoms with E-state index in [1.54, 1.807) is 34.0 Å². The van der Waals surface area contributed by atoms with Crippen LogP contribution in [0.5, 0.6) is 0 Å². The molecule has 1 unspecified atom stereocenters. The van der Waals surface area contributed by atoms with Crippen LogP contribution >= 0.6 is 0 Å². The lowest BCUT2D eigenvalue weighted by atomic mass is 10.1. The van der Waals surface area contributed by atoms with Crippen molar-refractivity contribution in [3.8, 4) is 0 Å². The molecule has 1 aromatic rings. The van der Waals surface area contributed by atoms with Gasteiger partial charge in [-0.25, -0.2) is 14.6 Å². The van der Waals surface area contributed by atoms with E-state index in [4.69, 9.17) is 4.74 Å². The molecule has 0 aliphatic rings. The Morgan fingerprint density at radius 3 is 2.52 bits per heavy atom. The number of rotatable bonds is 7. The van der Waals surface area contributed by atoms with Crippen molar-refractivity contribution in [2.24, 2.45) is 0 Å². The number of nitrogens with one attached hydrogen (secondary N) is 2. The van der Waals surface area contributed by atoms with E-state index in [-0.39, 0.29) is 0 Å². The number of amides is 1. The molecule has 1 atom stereocenters. The number of ether oxygens (including phenoxy) is 1. The fourth-order valence-corrected chi connectivity index (χ4v) is 1.94. The maximum absolute atomic E-state index is 11.7. The summed E-state index contributed by atoms with van der Waals surface area (Å²) in [5, 5.41) is 14.5. The summed E-state index contributed by atoms with van der Waals surface area (Å²) in [6.45, 7) is 5.18. The van der Waals surface area contributed by atoms with Crippen LogP contribution in [0, 0.1) is 0 Å². The van der Waals surface area contributed by atoms with Crippen molar-refractivity contribution in [1.29, 1.82) is 0 Å². The zero-order valence-electron chi connectivity index (χ0n) is 14.0. The molecule has 7 heteroatoms. The van der Waals surface area contributed by atoms with E-state index >= 15 is 0 Å². The van der Waals surface area contributed by atoms with Crippen molar-refractivity contribution in [1.82, 2.24) is 10.3 Å². The van der Waals surface area contributed by atoms with Crippen LogP contribution < -0.4 is 10.6 Å². The average Bonchev–Trinajstić information content (AvgIpc) is 2.44. The predicted octanol–water partition coefficient (Wildman–Crippen LogP) is 2.42. The van der Waals surface area contributed by atoms with E-state index < -0.39 is 23.7 Å². The molecule has 7 nitrogen and oxygen atoms in total. The molecule has 0 aromatic carbocycles. The minimum absolute atomic E-state index is 0.322. The van der Waals surface area contributed by atoms with Crippen LogP contribution in [0.3, 0.4) is 0 Å². The Hall–Kier alpha value is -2.31. The molecule has 1 aromatic heterocycles. The lowest BCUT2D eigenvalue weighted by molar-refractivity contribution is -0.139. The van der Waals surface area contributed by atoms with Crippen molar-refractivity contribution in [2.75, 3.05) is 12.4 Å². The Balaban J connectivity index is 2.46. The summed E-state index contributed by atoms with van der Waals surface area (Å²) in [4.78, 5) is 27.1. The first-order valence-corrected chi connectivity index (χ1v) is 7.56. The van der Waals surface area contributed by atoms with E-state index in [0.717, 1.165) is 11.4 Å². The molecular formula is C16H25N3O4. The van der Waals surface area contributed by atoms with Gasteiger partial charge >= 0.3 is 12.1 Å². The van der Waals surface area contributed by atoms with E-state index in [1.807, 2.05) is 12.1 Å². The van der Waals surface area contributed by atoms with E-state index in [2.05, 4.69) is 15.6 Å². The maximum atomic E-state index is 11.7. The number of anilines is 1. The summed E-state index contributed by atoms with van der Waals surface area (Å²) in [5.41, 5.74) is 0.360. The molecule has 1 heterocycles. The first-order chi connectivity index (χ1) is 10.7. The molecule has 0 spiro atoms. The van der Waals surface area contributed by atoms with Gasteiger partial charge in [0.2, 0.25) is 0 Å². The van der Waals surface area contributed by atoms with Crippen LogP contribution in [0.2, 0.25) is 0 Å². The number of pyridine rings is 1. The summed E-state index contributed by atoms with van der Waals surface area (Å²) in [5.74, 6) is -0.289. The number of carbonyl (C=O) groups excluding carboxylic acids is 1. The molecule has 1 rings (SSSR count). The molecule has 23 heavy (non-hydrogen) atoms. The summed E-state index contributed by atoms with van der Waals surface area (Å²) in [6, 6.07) is 2.84. The zero-order chi connectivity index (χ0) is 17.5. The Morgan fingerprint density at radius 2 is 2.04 bits per heavy atom. The van der Waals surface area contributed by atoms with Crippen LogP contribution in [-0.4, -0.2) is 40.8 Å². The summed E-state index contributed by atoms with van der Waals surface area (Å²) in [7, 11) is 1.79. The summed E-state index contributed by atoms with van der Waals surface area (Å²) < 4.78 is 5.08. The standard InChI is InChI=1S/C16H25N3O4/c1-16(2,3)23-15(22)19-12(14(20)21)7-5-6-11-8-9-13(17-4)18-10-11/h8-10,12H,5-7H2,1-4H3,(H,17,18)(H,19,22)(H,20,21). The second-order valence-corrected chi connectivity index (χ2v) is 6.23. The van der Waals surface area contributed by atoms with Gasteiger partial charge in [0.25, 0.3) is 0 Å². The molecule has 128 valence electrons. The number of aromatic nitrogens is 1. The Kier molecular flexibility index (Phi) is 6.81. The van der Waals surface area contributed by atoms with Crippen LogP contribution in [0.25, 0.3) is 0 Å². The molecule has 1 amide bonds. The number of carboxylic acid groups (broad SMARTS) is 1. The normalized spacial score (nSPS) is 12.3. The van der Waals surface area contributed by atoms with Crippen LogP contribution in [0.1, 0.15) is 39.2 Å². The number of nitrogens with zero attached hydrogens (tertiary/aromatic N) is 1. The lowest BCUT2D eigenvalue weighted by Crippen LogP contribution is -2.43. The third-order valence-corrected chi connectivity index (χ3v) is 3.03. The molecule has 0 aliphatic heterocycles. The third kappa shape index (κ3) is 7.49. The van der Waals surface area contributed by atoms with Gasteiger partial charge in [-0.05, 0) is 51.7 Å². The van der Waals surface area contributed by atoms with E-state index in [0.29, 0.717) is 19.3 Å². The van der Waals surface area contributed by atoms with Gasteiger partial charge in [0.15, 0.2) is 0 Å². The number of alkyl carbamates (subject to hydrolysis) is 1. The number of carbonyl (C=O) groups is 2. The molecule has 0 fully saturated rings. The Bertz CT molecular complexity index is 523. The minimum Gasteiger partial charge on any atom is -0.480 e. The largest absolute Gasteiger partial charge is 0.480 e. The second kappa shape index (κ2) is 8.36. The van der Waals surface area contributed by atoms with Crippen molar-refractivity contribution in [3.05, 3.63) is 23.9 Å². The molecule has 0 aliphatic carbocycles. The van der Waals surface area contributed by atoms with Crippen LogP contribution in [0.4, 0.5) is 10.6 Å². The fraction of sp³-hybridized carbons (Fsp3) is 0.562. The highest BCUT2D eigenvalue weighted by atomic mass is 16.6. The van der Waals surface area contributed by atoms with E-state index in [9.17, 15) is 14.7 Å².